The summed E-state index contributed by atoms with van der Waals surface area (Å²) >= 11 is 6.31. The maximum absolute atomic E-state index is 13.9. The molecule has 0 saturated carbocycles. The van der Waals surface area contributed by atoms with Crippen LogP contribution in [-0.4, -0.2) is 39.8 Å². The molecule has 0 radical (unpaired) electrons. The number of amides is 2. The van der Waals surface area contributed by atoms with Gasteiger partial charge in [-0.25, -0.2) is 4.90 Å². The molecule has 10 heteroatoms. The van der Waals surface area contributed by atoms with E-state index < -0.39 is 40.7 Å². The van der Waals surface area contributed by atoms with Gasteiger partial charge in [0.15, 0.2) is 5.78 Å². The molecule has 2 saturated heterocycles. The van der Waals surface area contributed by atoms with Crippen molar-refractivity contribution in [2.45, 2.75) is 12.1 Å². The predicted octanol–water partition coefficient (Wildman–Crippen LogP) is 4.01. The standard InChI is InChI=1S/C26H17ClN4O5/c27-18-11-10-16(31(35)36)12-19(18)29-25(33)20-21(26(29)34)23(24(32)14-6-2-1-3-7-14)30-22(20)17-9-5-4-8-15(17)13-28-30/h1-13,20-23H. The van der Waals surface area contributed by atoms with Crippen LogP contribution in [0.25, 0.3) is 0 Å². The van der Waals surface area contributed by atoms with Crippen LogP contribution in [0.5, 0.6) is 0 Å². The van der Waals surface area contributed by atoms with Crippen molar-refractivity contribution in [1.29, 1.82) is 0 Å². The Morgan fingerprint density at radius 3 is 2.39 bits per heavy atom. The number of benzene rings is 3. The van der Waals surface area contributed by atoms with Gasteiger partial charge in [-0.15, -0.1) is 0 Å². The van der Waals surface area contributed by atoms with Gasteiger partial charge < -0.3 is 0 Å². The van der Waals surface area contributed by atoms with Gasteiger partial charge in [0, 0.05) is 17.7 Å². The van der Waals surface area contributed by atoms with E-state index in [2.05, 4.69) is 5.10 Å². The summed E-state index contributed by atoms with van der Waals surface area (Å²) in [7, 11) is 0. The minimum atomic E-state index is -1.05. The predicted molar refractivity (Wildman–Crippen MR) is 131 cm³/mol. The van der Waals surface area contributed by atoms with Crippen LogP contribution in [0.3, 0.4) is 0 Å². The first kappa shape index (κ1) is 22.1. The molecule has 0 spiro atoms. The number of ketones is 1. The minimum Gasteiger partial charge on any atom is -0.292 e. The Kier molecular flexibility index (Phi) is 4.97. The molecule has 2 amide bonds. The van der Waals surface area contributed by atoms with Crippen LogP contribution in [0, 0.1) is 22.0 Å². The fourth-order valence-electron chi connectivity index (χ4n) is 5.47. The lowest BCUT2D eigenvalue weighted by atomic mass is 9.83. The lowest BCUT2D eigenvalue weighted by molar-refractivity contribution is -0.384. The van der Waals surface area contributed by atoms with Crippen molar-refractivity contribution in [3.8, 4) is 0 Å². The molecule has 178 valence electrons. The first-order chi connectivity index (χ1) is 17.4. The first-order valence-electron chi connectivity index (χ1n) is 11.2. The van der Waals surface area contributed by atoms with E-state index in [0.717, 1.165) is 22.1 Å². The molecule has 0 N–H and O–H groups in total. The first-order valence-corrected chi connectivity index (χ1v) is 11.6. The number of nitro benzene ring substituents is 1. The molecule has 2 fully saturated rings. The normalized spacial score (nSPS) is 23.9. The van der Waals surface area contributed by atoms with Gasteiger partial charge in [-0.05, 0) is 17.2 Å². The number of non-ortho nitro benzene ring substituents is 1. The second-order valence-electron chi connectivity index (χ2n) is 8.83. The van der Waals surface area contributed by atoms with Crippen molar-refractivity contribution in [1.82, 2.24) is 5.01 Å². The van der Waals surface area contributed by atoms with Crippen molar-refractivity contribution in [3.05, 3.63) is 105 Å². The summed E-state index contributed by atoms with van der Waals surface area (Å²) in [6.45, 7) is 0. The molecule has 0 bridgehead atoms. The lowest BCUT2D eigenvalue weighted by Crippen LogP contribution is -2.44. The Hall–Kier alpha value is -4.37. The van der Waals surface area contributed by atoms with Crippen molar-refractivity contribution in [3.63, 3.8) is 0 Å². The maximum atomic E-state index is 13.9. The van der Waals surface area contributed by atoms with Crippen molar-refractivity contribution in [2.75, 3.05) is 4.90 Å². The van der Waals surface area contributed by atoms with E-state index in [1.54, 1.807) is 41.6 Å². The average molecular weight is 501 g/mol. The smallest absolute Gasteiger partial charge is 0.271 e. The summed E-state index contributed by atoms with van der Waals surface area (Å²) in [5.41, 5.74) is 1.58. The second-order valence-corrected chi connectivity index (χ2v) is 9.24. The second kappa shape index (κ2) is 8.10. The third kappa shape index (κ3) is 3.09. The molecule has 3 aromatic carbocycles. The van der Waals surface area contributed by atoms with Crippen molar-refractivity contribution < 1.29 is 19.3 Å². The Morgan fingerprint density at radius 1 is 0.944 bits per heavy atom. The van der Waals surface area contributed by atoms with Crippen LogP contribution in [0.1, 0.15) is 27.5 Å². The highest BCUT2D eigenvalue weighted by Gasteiger charge is 2.65. The van der Waals surface area contributed by atoms with Gasteiger partial charge in [0.25, 0.3) is 5.69 Å². The number of anilines is 1. The molecule has 3 heterocycles. The molecule has 36 heavy (non-hydrogen) atoms. The van der Waals surface area contributed by atoms with Gasteiger partial charge in [0.2, 0.25) is 11.8 Å². The largest absolute Gasteiger partial charge is 0.292 e. The number of hydrogen-bond donors (Lipinski definition) is 0. The summed E-state index contributed by atoms with van der Waals surface area (Å²) < 4.78 is 0. The summed E-state index contributed by atoms with van der Waals surface area (Å²) in [4.78, 5) is 53.2. The SMILES string of the molecule is O=C(c1ccccc1)C1C2C(=O)N(c3cc([N+](=O)[O-])ccc3Cl)C(=O)C2C2c3ccccc3C=NN12. The monoisotopic (exact) mass is 500 g/mol. The number of halogens is 1. The van der Waals surface area contributed by atoms with Crippen molar-refractivity contribution >= 4 is 46.8 Å². The molecule has 4 atom stereocenters. The number of imide groups is 1. The van der Waals surface area contributed by atoms with E-state index in [4.69, 9.17) is 11.6 Å². The Morgan fingerprint density at radius 2 is 1.64 bits per heavy atom. The Labute approximate surface area is 209 Å². The van der Waals surface area contributed by atoms with Crippen LogP contribution in [0.15, 0.2) is 77.9 Å². The van der Waals surface area contributed by atoms with Crippen molar-refractivity contribution in [2.24, 2.45) is 16.9 Å². The van der Waals surface area contributed by atoms with Crippen LogP contribution in [-0.2, 0) is 9.59 Å². The number of carbonyl (C=O) groups excluding carboxylic acids is 3. The van der Waals surface area contributed by atoms with Crippen LogP contribution in [0.4, 0.5) is 11.4 Å². The van der Waals surface area contributed by atoms with Gasteiger partial charge in [-0.1, -0.05) is 66.2 Å². The van der Waals surface area contributed by atoms with Gasteiger partial charge in [-0.3, -0.25) is 29.5 Å². The molecule has 9 nitrogen and oxygen atoms in total. The summed E-state index contributed by atoms with van der Waals surface area (Å²) in [5.74, 6) is -3.52. The third-order valence-corrected chi connectivity index (χ3v) is 7.32. The summed E-state index contributed by atoms with van der Waals surface area (Å²) in [6.07, 6.45) is 1.63. The molecular formula is C26H17ClN4O5. The Bertz CT molecular complexity index is 1490. The zero-order valence-corrected chi connectivity index (χ0v) is 19.3. The fourth-order valence-corrected chi connectivity index (χ4v) is 5.67. The van der Waals surface area contributed by atoms with E-state index in [0.29, 0.717) is 5.56 Å². The number of hydrazone groups is 1. The number of carbonyl (C=O) groups is 3. The molecule has 0 aliphatic carbocycles. The van der Waals surface area contributed by atoms with Gasteiger partial charge >= 0.3 is 0 Å². The van der Waals surface area contributed by atoms with Crippen LogP contribution < -0.4 is 4.90 Å². The fraction of sp³-hybridized carbons (Fsp3) is 0.154. The van der Waals surface area contributed by atoms with Gasteiger partial charge in [-0.2, -0.15) is 5.10 Å². The molecule has 6 rings (SSSR count). The van der Waals surface area contributed by atoms with E-state index in [-0.39, 0.29) is 22.2 Å². The van der Waals surface area contributed by atoms with E-state index in [1.165, 1.54) is 12.1 Å². The van der Waals surface area contributed by atoms with Gasteiger partial charge in [0.1, 0.15) is 6.04 Å². The molecule has 4 unspecified atom stereocenters. The van der Waals surface area contributed by atoms with Crippen LogP contribution in [0.2, 0.25) is 5.02 Å². The average Bonchev–Trinajstić information content (AvgIpc) is 3.37. The highest BCUT2D eigenvalue weighted by atomic mass is 35.5. The Balaban J connectivity index is 1.51. The summed E-state index contributed by atoms with van der Waals surface area (Å²) in [6, 6.07) is 17.8. The van der Waals surface area contributed by atoms with Gasteiger partial charge in [0.05, 0.1) is 39.7 Å². The highest BCUT2D eigenvalue weighted by Crippen LogP contribution is 2.53. The quantitative estimate of drug-likeness (QED) is 0.231. The third-order valence-electron chi connectivity index (χ3n) is 7.00. The molecule has 3 aliphatic rings. The molecule has 3 aromatic rings. The lowest BCUT2D eigenvalue weighted by Gasteiger charge is -2.33. The highest BCUT2D eigenvalue weighted by molar-refractivity contribution is 6.36. The molecule has 3 aliphatic heterocycles. The van der Waals surface area contributed by atoms with Crippen LogP contribution >= 0.6 is 11.6 Å². The number of fused-ring (bicyclic) bond motifs is 5. The van der Waals surface area contributed by atoms with E-state index in [1.807, 2.05) is 24.3 Å². The number of nitrogens with zero attached hydrogens (tertiary/aromatic N) is 4. The number of hydrogen-bond acceptors (Lipinski definition) is 7. The molecular weight excluding hydrogens is 484 g/mol. The molecule has 0 aromatic heterocycles. The summed E-state index contributed by atoms with van der Waals surface area (Å²) in [5, 5.41) is 17.5. The topological polar surface area (TPSA) is 113 Å². The number of rotatable bonds is 4. The number of Topliss-reactive ketones (excluding diaryl/α,β-unsaturated/α-hetero) is 1. The van der Waals surface area contributed by atoms with E-state index >= 15 is 0 Å². The number of nitro groups is 1. The minimum absolute atomic E-state index is 0.0205. The zero-order valence-electron chi connectivity index (χ0n) is 18.5. The van der Waals surface area contributed by atoms with E-state index in [9.17, 15) is 24.5 Å². The zero-order chi connectivity index (χ0) is 25.1. The maximum Gasteiger partial charge on any atom is 0.271 e.